The van der Waals surface area contributed by atoms with Crippen molar-refractivity contribution in [2.45, 2.75) is 32.1 Å². The number of carbonyl (C=O) groups excluding carboxylic acids is 1. The van der Waals surface area contributed by atoms with Crippen molar-refractivity contribution in [3.63, 3.8) is 0 Å². The Labute approximate surface area is 146 Å². The minimum Gasteiger partial charge on any atom is -0.493 e. The van der Waals surface area contributed by atoms with Crippen molar-refractivity contribution in [2.75, 3.05) is 20.8 Å². The van der Waals surface area contributed by atoms with Crippen molar-refractivity contribution in [1.82, 2.24) is 5.32 Å². The molecule has 1 aliphatic carbocycles. The summed E-state index contributed by atoms with van der Waals surface area (Å²) >= 11 is 1.65. The lowest BCUT2D eigenvalue weighted by Gasteiger charge is -2.10. The van der Waals surface area contributed by atoms with Gasteiger partial charge in [0.05, 0.1) is 19.1 Å². The first kappa shape index (κ1) is 16.8. The number of hydrogen-bond acceptors (Lipinski definition) is 4. The average molecular weight is 345 g/mol. The van der Waals surface area contributed by atoms with Gasteiger partial charge in [-0.25, -0.2) is 0 Å². The summed E-state index contributed by atoms with van der Waals surface area (Å²) < 4.78 is 10.5. The Kier molecular flexibility index (Phi) is 5.41. The number of nitrogens with one attached hydrogen (secondary N) is 1. The normalized spacial score (nSPS) is 13.2. The zero-order valence-electron chi connectivity index (χ0n) is 14.2. The Balaban J connectivity index is 1.56. The van der Waals surface area contributed by atoms with E-state index < -0.39 is 0 Å². The molecule has 24 heavy (non-hydrogen) atoms. The third-order valence-electron chi connectivity index (χ3n) is 4.37. The van der Waals surface area contributed by atoms with Gasteiger partial charge in [-0.15, -0.1) is 11.3 Å². The van der Waals surface area contributed by atoms with E-state index >= 15 is 0 Å². The quantitative estimate of drug-likeness (QED) is 0.870. The van der Waals surface area contributed by atoms with Crippen LogP contribution in [0.2, 0.25) is 0 Å². The van der Waals surface area contributed by atoms with Crippen molar-refractivity contribution in [1.29, 1.82) is 0 Å². The summed E-state index contributed by atoms with van der Waals surface area (Å²) in [4.78, 5) is 14.6. The van der Waals surface area contributed by atoms with Gasteiger partial charge in [0.2, 0.25) is 0 Å². The van der Waals surface area contributed by atoms with Gasteiger partial charge in [0.15, 0.2) is 11.5 Å². The van der Waals surface area contributed by atoms with Crippen molar-refractivity contribution < 1.29 is 14.3 Å². The second-order valence-corrected chi connectivity index (χ2v) is 7.10. The minimum atomic E-state index is 0.0369. The van der Waals surface area contributed by atoms with E-state index in [1.54, 1.807) is 25.6 Å². The van der Waals surface area contributed by atoms with E-state index in [9.17, 15) is 4.79 Å². The highest BCUT2D eigenvalue weighted by molar-refractivity contribution is 7.14. The molecule has 1 aliphatic rings. The molecule has 1 aromatic carbocycles. The van der Waals surface area contributed by atoms with Gasteiger partial charge in [0.1, 0.15) is 0 Å². The van der Waals surface area contributed by atoms with Crippen molar-refractivity contribution in [3.8, 4) is 11.5 Å². The van der Waals surface area contributed by atoms with Gasteiger partial charge in [-0.05, 0) is 61.4 Å². The van der Waals surface area contributed by atoms with E-state index in [1.165, 1.54) is 23.3 Å². The number of amides is 1. The van der Waals surface area contributed by atoms with Gasteiger partial charge in [-0.3, -0.25) is 4.79 Å². The summed E-state index contributed by atoms with van der Waals surface area (Å²) in [5, 5.41) is 3.02. The van der Waals surface area contributed by atoms with Gasteiger partial charge in [0, 0.05) is 11.4 Å². The summed E-state index contributed by atoms with van der Waals surface area (Å²) in [5.74, 6) is 1.47. The molecule has 3 rings (SSSR count). The van der Waals surface area contributed by atoms with E-state index in [0.717, 1.165) is 35.5 Å². The molecule has 0 fully saturated rings. The summed E-state index contributed by atoms with van der Waals surface area (Å²) in [6.45, 7) is 0.608. The van der Waals surface area contributed by atoms with E-state index in [4.69, 9.17) is 9.47 Å². The maximum absolute atomic E-state index is 12.3. The van der Waals surface area contributed by atoms with Crippen LogP contribution in [0.1, 0.15) is 38.5 Å². The van der Waals surface area contributed by atoms with Crippen LogP contribution < -0.4 is 14.8 Å². The zero-order chi connectivity index (χ0) is 16.9. The molecule has 0 atom stereocenters. The number of benzene rings is 1. The molecule has 1 N–H and O–H groups in total. The standard InChI is InChI=1S/C19H23NO3S/c1-22-15-8-7-13(11-16(15)23-2)9-10-20-19(21)18-12-14-5-3-4-6-17(14)24-18/h7-8,11-12H,3-6,9-10H2,1-2H3,(H,20,21). The Morgan fingerprint density at radius 3 is 2.67 bits per heavy atom. The fourth-order valence-electron chi connectivity index (χ4n) is 3.05. The van der Waals surface area contributed by atoms with Crippen LogP contribution in [0.15, 0.2) is 24.3 Å². The molecule has 0 aliphatic heterocycles. The lowest BCUT2D eigenvalue weighted by molar-refractivity contribution is 0.0958. The lowest BCUT2D eigenvalue weighted by atomic mass is 9.99. The molecule has 4 nitrogen and oxygen atoms in total. The molecule has 5 heteroatoms. The van der Waals surface area contributed by atoms with Gasteiger partial charge in [-0.2, -0.15) is 0 Å². The zero-order valence-corrected chi connectivity index (χ0v) is 15.0. The van der Waals surface area contributed by atoms with Crippen LogP contribution in [0.5, 0.6) is 11.5 Å². The van der Waals surface area contributed by atoms with Crippen LogP contribution in [-0.4, -0.2) is 26.7 Å². The minimum absolute atomic E-state index is 0.0369. The summed E-state index contributed by atoms with van der Waals surface area (Å²) in [7, 11) is 3.25. The molecular formula is C19H23NO3S. The summed E-state index contributed by atoms with van der Waals surface area (Å²) in [6.07, 6.45) is 5.48. The third-order valence-corrected chi connectivity index (χ3v) is 5.60. The SMILES string of the molecule is COc1ccc(CCNC(=O)c2cc3c(s2)CCCC3)cc1OC. The van der Waals surface area contributed by atoms with Gasteiger partial charge < -0.3 is 14.8 Å². The summed E-state index contributed by atoms with van der Waals surface area (Å²) in [6, 6.07) is 7.92. The molecule has 0 unspecified atom stereocenters. The molecule has 1 amide bonds. The van der Waals surface area contributed by atoms with E-state index in [1.807, 2.05) is 18.2 Å². The van der Waals surface area contributed by atoms with Crippen LogP contribution in [-0.2, 0) is 19.3 Å². The van der Waals surface area contributed by atoms with Crippen molar-refractivity contribution in [2.24, 2.45) is 0 Å². The predicted molar refractivity (Wildman–Crippen MR) is 96.5 cm³/mol. The van der Waals surface area contributed by atoms with Crippen LogP contribution in [0, 0.1) is 0 Å². The highest BCUT2D eigenvalue weighted by Crippen LogP contribution is 2.30. The van der Waals surface area contributed by atoms with Gasteiger partial charge >= 0.3 is 0 Å². The highest BCUT2D eigenvalue weighted by Gasteiger charge is 2.17. The molecule has 1 heterocycles. The third kappa shape index (κ3) is 3.73. The largest absolute Gasteiger partial charge is 0.493 e. The molecule has 0 saturated heterocycles. The lowest BCUT2D eigenvalue weighted by Crippen LogP contribution is -2.24. The molecule has 0 spiro atoms. The molecule has 0 saturated carbocycles. The number of aryl methyl sites for hydroxylation is 2. The number of hydrogen-bond donors (Lipinski definition) is 1. The fourth-order valence-corrected chi connectivity index (χ4v) is 4.22. The number of methoxy groups -OCH3 is 2. The Morgan fingerprint density at radius 2 is 1.92 bits per heavy atom. The average Bonchev–Trinajstić information content (AvgIpc) is 3.05. The number of carbonyl (C=O) groups is 1. The molecular weight excluding hydrogens is 322 g/mol. The van der Waals surface area contributed by atoms with Crippen LogP contribution in [0.4, 0.5) is 0 Å². The first-order valence-electron chi connectivity index (χ1n) is 8.32. The van der Waals surface area contributed by atoms with E-state index in [2.05, 4.69) is 11.4 Å². The first-order chi connectivity index (χ1) is 11.7. The van der Waals surface area contributed by atoms with E-state index in [0.29, 0.717) is 12.3 Å². The van der Waals surface area contributed by atoms with Crippen molar-refractivity contribution in [3.05, 3.63) is 45.1 Å². The first-order valence-corrected chi connectivity index (χ1v) is 9.13. The Bertz CT molecular complexity index is 700. The van der Waals surface area contributed by atoms with Crippen LogP contribution in [0.3, 0.4) is 0 Å². The van der Waals surface area contributed by atoms with Gasteiger partial charge in [-0.1, -0.05) is 6.07 Å². The molecule has 2 aromatic rings. The highest BCUT2D eigenvalue weighted by atomic mass is 32.1. The number of thiophene rings is 1. The second kappa shape index (κ2) is 7.71. The van der Waals surface area contributed by atoms with Crippen LogP contribution >= 0.6 is 11.3 Å². The number of fused-ring (bicyclic) bond motifs is 1. The topological polar surface area (TPSA) is 47.6 Å². The Morgan fingerprint density at radius 1 is 1.12 bits per heavy atom. The molecule has 0 radical (unpaired) electrons. The Hall–Kier alpha value is -2.01. The monoisotopic (exact) mass is 345 g/mol. The molecule has 0 bridgehead atoms. The molecule has 128 valence electrons. The summed E-state index contributed by atoms with van der Waals surface area (Å²) in [5.41, 5.74) is 2.48. The molecule has 1 aromatic heterocycles. The number of rotatable bonds is 6. The van der Waals surface area contributed by atoms with Gasteiger partial charge in [0.25, 0.3) is 5.91 Å². The maximum Gasteiger partial charge on any atom is 0.261 e. The van der Waals surface area contributed by atoms with Crippen molar-refractivity contribution >= 4 is 17.2 Å². The second-order valence-electron chi connectivity index (χ2n) is 5.96. The number of ether oxygens (including phenoxy) is 2. The maximum atomic E-state index is 12.3. The predicted octanol–water partition coefficient (Wildman–Crippen LogP) is 3.62. The van der Waals surface area contributed by atoms with Crippen LogP contribution in [0.25, 0.3) is 0 Å². The van der Waals surface area contributed by atoms with E-state index in [-0.39, 0.29) is 5.91 Å². The smallest absolute Gasteiger partial charge is 0.261 e. The fraction of sp³-hybridized carbons (Fsp3) is 0.421.